The predicted octanol–water partition coefficient (Wildman–Crippen LogP) is 4.44. The van der Waals surface area contributed by atoms with Gasteiger partial charge in [0.05, 0.1) is 0 Å². The van der Waals surface area contributed by atoms with Gasteiger partial charge in [-0.05, 0) is 36.8 Å². The van der Waals surface area contributed by atoms with Crippen molar-refractivity contribution < 1.29 is 39.9 Å². The summed E-state index contributed by atoms with van der Waals surface area (Å²) >= 11 is 0. The molecule has 8 nitrogen and oxygen atoms in total. The molecular formula is C21H19F8N7O. The van der Waals surface area contributed by atoms with Gasteiger partial charge in [0.2, 0.25) is 5.95 Å². The number of ether oxygens (including phenoxy) is 1. The second kappa shape index (κ2) is 8.83. The predicted molar refractivity (Wildman–Crippen MR) is 112 cm³/mol. The van der Waals surface area contributed by atoms with Crippen molar-refractivity contribution >= 4 is 17.4 Å². The van der Waals surface area contributed by atoms with Gasteiger partial charge in [-0.2, -0.15) is 40.1 Å². The van der Waals surface area contributed by atoms with Crippen LogP contribution in [0.25, 0.3) is 5.65 Å². The molecule has 2 bridgehead atoms. The Hall–Kier alpha value is -3.46. The van der Waals surface area contributed by atoms with Gasteiger partial charge in [-0.3, -0.25) is 0 Å². The molecule has 2 fully saturated rings. The van der Waals surface area contributed by atoms with E-state index in [9.17, 15) is 35.1 Å². The van der Waals surface area contributed by atoms with E-state index in [1.807, 2.05) is 0 Å². The van der Waals surface area contributed by atoms with Gasteiger partial charge in [0.1, 0.15) is 17.8 Å². The topological polar surface area (TPSA) is 80.5 Å². The Morgan fingerprint density at radius 1 is 1.00 bits per heavy atom. The van der Waals surface area contributed by atoms with Crippen LogP contribution in [-0.4, -0.2) is 62.4 Å². The van der Waals surface area contributed by atoms with Crippen molar-refractivity contribution in [2.24, 2.45) is 11.8 Å². The quantitative estimate of drug-likeness (QED) is 0.466. The summed E-state index contributed by atoms with van der Waals surface area (Å²) in [4.78, 5) is 13.3. The summed E-state index contributed by atoms with van der Waals surface area (Å²) < 4.78 is 109. The Balaban J connectivity index is 1.29. The average Bonchev–Trinajstić information content (AvgIpc) is 3.32. The lowest BCUT2D eigenvalue weighted by Crippen LogP contribution is -2.48. The lowest BCUT2D eigenvalue weighted by atomic mass is 9.92. The van der Waals surface area contributed by atoms with E-state index in [2.05, 4.69) is 25.4 Å². The molecule has 2 aliphatic rings. The fourth-order valence-electron chi connectivity index (χ4n) is 4.78. The van der Waals surface area contributed by atoms with Crippen LogP contribution in [0.1, 0.15) is 18.5 Å². The standard InChI is InChI=1S/C21H19F8N7O/c22-19(23,21(27,28)29)9-37-13-2-1-5-36-17(13)33-18(34-36)32-16-11-3-4-12(16)8-35(7-11)15-6-14(20(24,25)26)30-10-31-15/h1-2,5-6,10-12,16H,3-4,7-9H2,(H,32,34)/t11-,12+,16?. The average molecular weight is 537 g/mol. The smallest absolute Gasteiger partial charge is 0.456 e. The molecule has 3 aromatic rings. The van der Waals surface area contributed by atoms with Gasteiger partial charge in [-0.15, -0.1) is 5.10 Å². The highest BCUT2D eigenvalue weighted by molar-refractivity contribution is 5.56. The van der Waals surface area contributed by atoms with E-state index in [0.29, 0.717) is 13.1 Å². The zero-order valence-corrected chi connectivity index (χ0v) is 18.8. The summed E-state index contributed by atoms with van der Waals surface area (Å²) in [5.74, 6) is -4.99. The molecule has 0 radical (unpaired) electrons. The third-order valence-corrected chi connectivity index (χ3v) is 6.55. The van der Waals surface area contributed by atoms with Crippen LogP contribution in [0.4, 0.5) is 46.9 Å². The summed E-state index contributed by atoms with van der Waals surface area (Å²) in [7, 11) is 0. The third-order valence-electron chi connectivity index (χ3n) is 6.55. The molecule has 0 spiro atoms. The number of piperidine rings is 1. The molecule has 16 heteroatoms. The van der Waals surface area contributed by atoms with Crippen LogP contribution in [0.5, 0.6) is 5.75 Å². The second-order valence-corrected chi connectivity index (χ2v) is 9.00. The summed E-state index contributed by atoms with van der Waals surface area (Å²) in [6, 6.07) is 3.36. The highest BCUT2D eigenvalue weighted by Crippen LogP contribution is 2.40. The number of aromatic nitrogens is 5. The molecule has 3 aromatic heterocycles. The van der Waals surface area contributed by atoms with E-state index >= 15 is 0 Å². The van der Waals surface area contributed by atoms with E-state index in [4.69, 9.17) is 4.74 Å². The summed E-state index contributed by atoms with van der Waals surface area (Å²) in [6.07, 6.45) is -6.43. The Kier molecular flexibility index (Phi) is 6.02. The Bertz CT molecular complexity index is 1260. The number of hydrogen-bond acceptors (Lipinski definition) is 7. The number of hydrogen-bond donors (Lipinski definition) is 1. The zero-order valence-electron chi connectivity index (χ0n) is 18.8. The van der Waals surface area contributed by atoms with E-state index in [0.717, 1.165) is 25.2 Å². The molecule has 200 valence electrons. The molecule has 1 N–H and O–H groups in total. The van der Waals surface area contributed by atoms with Crippen molar-refractivity contribution in [3.63, 3.8) is 0 Å². The van der Waals surface area contributed by atoms with Crippen LogP contribution in [0.15, 0.2) is 30.7 Å². The molecule has 1 saturated heterocycles. The molecule has 3 atom stereocenters. The van der Waals surface area contributed by atoms with Crippen molar-refractivity contribution in [1.29, 1.82) is 0 Å². The lowest BCUT2D eigenvalue weighted by Gasteiger charge is -2.38. The molecular weight excluding hydrogens is 518 g/mol. The van der Waals surface area contributed by atoms with Crippen LogP contribution in [0.2, 0.25) is 0 Å². The van der Waals surface area contributed by atoms with Crippen LogP contribution in [0, 0.1) is 11.8 Å². The molecule has 1 aliphatic heterocycles. The van der Waals surface area contributed by atoms with E-state index in [1.165, 1.54) is 22.8 Å². The zero-order chi connectivity index (χ0) is 26.6. The van der Waals surface area contributed by atoms with Gasteiger partial charge in [-0.25, -0.2) is 14.5 Å². The molecule has 1 saturated carbocycles. The monoisotopic (exact) mass is 537 g/mol. The van der Waals surface area contributed by atoms with Crippen molar-refractivity contribution in [3.8, 4) is 5.75 Å². The van der Waals surface area contributed by atoms with Crippen molar-refractivity contribution in [2.75, 3.05) is 29.9 Å². The SMILES string of the molecule is FC(F)(F)c1cc(N2C[C@H]3CC[C@@H](C2)C3Nc2nc3c(OCC(F)(F)C(F)(F)F)cccn3n2)ncn1. The highest BCUT2D eigenvalue weighted by atomic mass is 19.4. The maximum absolute atomic E-state index is 13.3. The number of anilines is 2. The molecule has 37 heavy (non-hydrogen) atoms. The first kappa shape index (κ1) is 25.2. The van der Waals surface area contributed by atoms with Gasteiger partial charge in [0.25, 0.3) is 0 Å². The maximum atomic E-state index is 13.3. The largest absolute Gasteiger partial charge is 0.483 e. The first-order chi connectivity index (χ1) is 17.3. The third kappa shape index (κ3) is 4.92. The van der Waals surface area contributed by atoms with Crippen LogP contribution in [-0.2, 0) is 6.18 Å². The number of nitrogens with zero attached hydrogens (tertiary/aromatic N) is 6. The molecule has 0 aromatic carbocycles. The Morgan fingerprint density at radius 3 is 2.35 bits per heavy atom. The minimum absolute atomic E-state index is 0.0239. The van der Waals surface area contributed by atoms with Crippen LogP contribution < -0.4 is 15.0 Å². The van der Waals surface area contributed by atoms with Crippen molar-refractivity contribution in [1.82, 2.24) is 24.6 Å². The molecule has 1 aliphatic carbocycles. The molecule has 4 heterocycles. The summed E-state index contributed by atoms with van der Waals surface area (Å²) in [6.45, 7) is -1.05. The number of pyridine rings is 1. The normalized spacial score (nSPS) is 22.5. The van der Waals surface area contributed by atoms with Crippen molar-refractivity contribution in [2.45, 2.75) is 37.2 Å². The van der Waals surface area contributed by atoms with E-state index in [1.54, 1.807) is 4.90 Å². The summed E-state index contributed by atoms with van der Waals surface area (Å²) in [5, 5.41) is 7.42. The van der Waals surface area contributed by atoms with Crippen LogP contribution in [0.3, 0.4) is 0 Å². The van der Waals surface area contributed by atoms with E-state index < -0.39 is 30.6 Å². The van der Waals surface area contributed by atoms with Gasteiger partial charge >= 0.3 is 18.3 Å². The number of fused-ring (bicyclic) bond motifs is 3. The fourth-order valence-corrected chi connectivity index (χ4v) is 4.78. The maximum Gasteiger partial charge on any atom is 0.456 e. The Morgan fingerprint density at radius 2 is 1.70 bits per heavy atom. The minimum Gasteiger partial charge on any atom is -0.483 e. The van der Waals surface area contributed by atoms with Gasteiger partial charge in [0, 0.05) is 31.4 Å². The van der Waals surface area contributed by atoms with Gasteiger partial charge in [0.15, 0.2) is 18.0 Å². The van der Waals surface area contributed by atoms with Gasteiger partial charge < -0.3 is 15.0 Å². The Labute approximate surface area is 203 Å². The van der Waals surface area contributed by atoms with Crippen molar-refractivity contribution in [3.05, 3.63) is 36.4 Å². The number of rotatable bonds is 6. The highest BCUT2D eigenvalue weighted by Gasteiger charge is 2.58. The lowest BCUT2D eigenvalue weighted by molar-refractivity contribution is -0.289. The molecule has 1 unspecified atom stereocenters. The fraction of sp³-hybridized carbons (Fsp3) is 0.524. The first-order valence-corrected chi connectivity index (χ1v) is 11.2. The molecule has 0 amide bonds. The van der Waals surface area contributed by atoms with Crippen LogP contribution >= 0.6 is 0 Å². The molecule has 5 rings (SSSR count). The second-order valence-electron chi connectivity index (χ2n) is 9.00. The minimum atomic E-state index is -5.76. The number of halogens is 8. The number of nitrogens with one attached hydrogen (secondary N) is 1. The van der Waals surface area contributed by atoms with Gasteiger partial charge in [-0.1, -0.05) is 0 Å². The summed E-state index contributed by atoms with van der Waals surface area (Å²) in [5.41, 5.74) is -1.07. The first-order valence-electron chi connectivity index (χ1n) is 11.2. The van der Waals surface area contributed by atoms with E-state index in [-0.39, 0.29) is 41.0 Å². The number of alkyl halides is 8.